The Kier molecular flexibility index (Phi) is 1.92. The number of hydrogen-bond donors (Lipinski definition) is 2. The number of carbonyl (C=O) groups is 1. The first-order valence-electron chi connectivity index (χ1n) is 3.58. The highest BCUT2D eigenvalue weighted by molar-refractivity contribution is 7.92. The maximum absolute atomic E-state index is 11.1. The van der Waals surface area contributed by atoms with Crippen LogP contribution in [0.25, 0.3) is 0 Å². The smallest absolute Gasteiger partial charge is 0.325 e. The predicted octanol–water partition coefficient (Wildman–Crippen LogP) is -1.02. The summed E-state index contributed by atoms with van der Waals surface area (Å²) < 4.78 is 22.3. The van der Waals surface area contributed by atoms with Gasteiger partial charge in [-0.1, -0.05) is 6.92 Å². The fourth-order valence-electron chi connectivity index (χ4n) is 1.12. The number of nitrogens with two attached hydrogens (primary N) is 1. The second-order valence-corrected chi connectivity index (χ2v) is 5.46. The van der Waals surface area contributed by atoms with Gasteiger partial charge in [-0.2, -0.15) is 0 Å². The summed E-state index contributed by atoms with van der Waals surface area (Å²) in [6.07, 6.45) is 0.0402. The third-order valence-corrected chi connectivity index (χ3v) is 4.43. The second kappa shape index (κ2) is 2.43. The number of hydrogen-bond acceptors (Lipinski definition) is 4. The average Bonchev–Trinajstić information content (AvgIpc) is 2.65. The molecule has 0 radical (unpaired) electrons. The van der Waals surface area contributed by atoms with E-state index in [4.69, 9.17) is 10.8 Å². The molecule has 0 saturated heterocycles. The van der Waals surface area contributed by atoms with Crippen molar-refractivity contribution in [2.45, 2.75) is 24.1 Å². The van der Waals surface area contributed by atoms with E-state index in [1.807, 2.05) is 0 Å². The van der Waals surface area contributed by atoms with Gasteiger partial charge in [-0.25, -0.2) is 8.42 Å². The molecule has 0 heterocycles. The minimum absolute atomic E-state index is 0.0402. The van der Waals surface area contributed by atoms with Gasteiger partial charge in [-0.15, -0.1) is 0 Å². The molecule has 1 aliphatic carbocycles. The first kappa shape index (κ1) is 9.47. The molecule has 12 heavy (non-hydrogen) atoms. The third kappa shape index (κ3) is 1.21. The van der Waals surface area contributed by atoms with E-state index in [0.717, 1.165) is 0 Å². The zero-order chi connectivity index (χ0) is 9.57. The molecule has 5 nitrogen and oxygen atoms in total. The SMILES string of the molecule is CCS(=O)(=O)[C@H]1C[C@]1(N)C(=O)O. The molecule has 0 aromatic carbocycles. The predicted molar refractivity (Wildman–Crippen MR) is 42.4 cm³/mol. The van der Waals surface area contributed by atoms with Crippen LogP contribution in [0.3, 0.4) is 0 Å². The number of sulfone groups is 1. The first-order valence-corrected chi connectivity index (χ1v) is 5.30. The summed E-state index contributed by atoms with van der Waals surface area (Å²) >= 11 is 0. The number of rotatable bonds is 3. The van der Waals surface area contributed by atoms with Gasteiger partial charge in [0.1, 0.15) is 5.54 Å². The van der Waals surface area contributed by atoms with E-state index < -0.39 is 26.6 Å². The van der Waals surface area contributed by atoms with Crippen LogP contribution >= 0.6 is 0 Å². The molecule has 0 aromatic heterocycles. The fraction of sp³-hybridized carbons (Fsp3) is 0.833. The summed E-state index contributed by atoms with van der Waals surface area (Å²) in [7, 11) is -3.28. The molecule has 2 atom stereocenters. The maximum atomic E-state index is 11.1. The normalized spacial score (nSPS) is 34.7. The van der Waals surface area contributed by atoms with E-state index in [-0.39, 0.29) is 12.2 Å². The van der Waals surface area contributed by atoms with Gasteiger partial charge < -0.3 is 10.8 Å². The molecule has 0 unspecified atom stereocenters. The highest BCUT2D eigenvalue weighted by atomic mass is 32.2. The van der Waals surface area contributed by atoms with Crippen molar-refractivity contribution >= 4 is 15.8 Å². The van der Waals surface area contributed by atoms with Crippen molar-refractivity contribution in [2.75, 3.05) is 5.75 Å². The van der Waals surface area contributed by atoms with Gasteiger partial charge in [0.05, 0.1) is 5.25 Å². The zero-order valence-electron chi connectivity index (χ0n) is 6.65. The molecule has 1 rings (SSSR count). The number of carboxylic acid groups (broad SMARTS) is 1. The van der Waals surface area contributed by atoms with Crippen LogP contribution in [0, 0.1) is 0 Å². The summed E-state index contributed by atoms with van der Waals surface area (Å²) in [5, 5.41) is 7.67. The van der Waals surface area contributed by atoms with Gasteiger partial charge in [0.25, 0.3) is 0 Å². The van der Waals surface area contributed by atoms with Crippen LogP contribution in [0.1, 0.15) is 13.3 Å². The largest absolute Gasteiger partial charge is 0.480 e. The van der Waals surface area contributed by atoms with E-state index >= 15 is 0 Å². The lowest BCUT2D eigenvalue weighted by Gasteiger charge is -2.04. The Balaban J connectivity index is 2.83. The van der Waals surface area contributed by atoms with E-state index in [1.54, 1.807) is 0 Å². The molecule has 0 amide bonds. The number of aliphatic carboxylic acids is 1. The lowest BCUT2D eigenvalue weighted by atomic mass is 10.3. The number of carboxylic acids is 1. The summed E-state index contributed by atoms with van der Waals surface area (Å²) in [4.78, 5) is 10.5. The molecule has 3 N–H and O–H groups in total. The van der Waals surface area contributed by atoms with Crippen LogP contribution in [0.4, 0.5) is 0 Å². The van der Waals surface area contributed by atoms with E-state index in [9.17, 15) is 13.2 Å². The Morgan fingerprint density at radius 2 is 2.25 bits per heavy atom. The van der Waals surface area contributed by atoms with Gasteiger partial charge in [0, 0.05) is 5.75 Å². The topological polar surface area (TPSA) is 97.5 Å². The van der Waals surface area contributed by atoms with Crippen LogP contribution < -0.4 is 5.73 Å². The highest BCUT2D eigenvalue weighted by Crippen LogP contribution is 2.40. The molecule has 70 valence electrons. The van der Waals surface area contributed by atoms with E-state index in [0.29, 0.717) is 0 Å². The van der Waals surface area contributed by atoms with Gasteiger partial charge in [0.2, 0.25) is 0 Å². The van der Waals surface area contributed by atoms with Crippen molar-refractivity contribution in [3.63, 3.8) is 0 Å². The molecular weight excluding hydrogens is 182 g/mol. The molecule has 1 fully saturated rings. The van der Waals surface area contributed by atoms with Gasteiger partial charge in [-0.3, -0.25) is 4.79 Å². The molecule has 0 aliphatic heterocycles. The summed E-state index contributed by atoms with van der Waals surface area (Å²) in [5.41, 5.74) is 3.80. The highest BCUT2D eigenvalue weighted by Gasteiger charge is 2.63. The Morgan fingerprint density at radius 1 is 1.75 bits per heavy atom. The van der Waals surface area contributed by atoms with Crippen LogP contribution in [-0.2, 0) is 14.6 Å². The second-order valence-electron chi connectivity index (χ2n) is 2.99. The van der Waals surface area contributed by atoms with Crippen molar-refractivity contribution in [2.24, 2.45) is 5.73 Å². The quantitative estimate of drug-likeness (QED) is 0.597. The molecule has 0 bridgehead atoms. The Bertz CT molecular complexity index is 310. The lowest BCUT2D eigenvalue weighted by Crippen LogP contribution is -2.39. The molecule has 0 aromatic rings. The zero-order valence-corrected chi connectivity index (χ0v) is 7.47. The Hall–Kier alpha value is -0.620. The van der Waals surface area contributed by atoms with Gasteiger partial charge >= 0.3 is 5.97 Å². The molecule has 1 saturated carbocycles. The minimum atomic E-state index is -3.28. The van der Waals surface area contributed by atoms with Crippen molar-refractivity contribution in [1.82, 2.24) is 0 Å². The van der Waals surface area contributed by atoms with Crippen molar-refractivity contribution in [1.29, 1.82) is 0 Å². The van der Waals surface area contributed by atoms with Gasteiger partial charge in [0.15, 0.2) is 9.84 Å². The third-order valence-electron chi connectivity index (χ3n) is 2.17. The fourth-order valence-corrected chi connectivity index (χ4v) is 2.80. The maximum Gasteiger partial charge on any atom is 0.325 e. The Morgan fingerprint density at radius 3 is 2.50 bits per heavy atom. The molecular formula is C6H11NO4S. The molecule has 1 aliphatic rings. The monoisotopic (exact) mass is 193 g/mol. The van der Waals surface area contributed by atoms with E-state index in [1.165, 1.54) is 6.92 Å². The van der Waals surface area contributed by atoms with E-state index in [2.05, 4.69) is 0 Å². The van der Waals surface area contributed by atoms with Crippen molar-refractivity contribution in [3.8, 4) is 0 Å². The van der Waals surface area contributed by atoms with Crippen LogP contribution in [-0.4, -0.2) is 36.0 Å². The minimum Gasteiger partial charge on any atom is -0.480 e. The van der Waals surface area contributed by atoms with Crippen LogP contribution in [0.5, 0.6) is 0 Å². The summed E-state index contributed by atoms with van der Waals surface area (Å²) in [5.74, 6) is -1.28. The van der Waals surface area contributed by atoms with Gasteiger partial charge in [-0.05, 0) is 6.42 Å². The first-order chi connectivity index (χ1) is 5.34. The van der Waals surface area contributed by atoms with Crippen LogP contribution in [0.2, 0.25) is 0 Å². The standard InChI is InChI=1S/C6H11NO4S/c1-2-12(10,11)4-3-6(4,7)5(8)9/h4H,2-3,7H2,1H3,(H,8,9)/t4-,6+/m0/s1. The summed E-state index contributed by atoms with van der Waals surface area (Å²) in [6.45, 7) is 1.48. The summed E-state index contributed by atoms with van der Waals surface area (Å²) in [6, 6.07) is 0. The average molecular weight is 193 g/mol. The lowest BCUT2D eigenvalue weighted by molar-refractivity contribution is -0.139. The molecule has 0 spiro atoms. The Labute approximate surface area is 70.5 Å². The van der Waals surface area contributed by atoms with Crippen LogP contribution in [0.15, 0.2) is 0 Å². The van der Waals surface area contributed by atoms with Crippen molar-refractivity contribution in [3.05, 3.63) is 0 Å². The molecule has 6 heteroatoms. The van der Waals surface area contributed by atoms with Crippen molar-refractivity contribution < 1.29 is 18.3 Å².